The van der Waals surface area contributed by atoms with Crippen LogP contribution in [0.15, 0.2) is 0 Å². The minimum absolute atomic E-state index is 0.157. The van der Waals surface area contributed by atoms with Gasteiger partial charge in [-0.05, 0) is 18.5 Å². The topological polar surface area (TPSA) is 34.9 Å². The lowest BCUT2D eigenvalue weighted by Gasteiger charge is -1.92. The number of rotatable bonds is 1. The number of hydrogen-bond acceptors (Lipinski definition) is 2. The van der Waals surface area contributed by atoms with Gasteiger partial charge in [-0.2, -0.15) is 5.10 Å². The average Bonchev–Trinajstić information content (AvgIpc) is 2.07. The van der Waals surface area contributed by atoms with Crippen molar-refractivity contribution in [3.8, 4) is 0 Å². The van der Waals surface area contributed by atoms with Gasteiger partial charge in [0.15, 0.2) is 5.15 Å². The van der Waals surface area contributed by atoms with Gasteiger partial charge in [0, 0.05) is 12.7 Å². The highest BCUT2D eigenvalue weighted by Gasteiger charge is 2.15. The van der Waals surface area contributed by atoms with E-state index in [1.165, 1.54) is 4.68 Å². The largest absolute Gasteiger partial charge is 0.275 e. The van der Waals surface area contributed by atoms with E-state index in [-0.39, 0.29) is 10.7 Å². The molecule has 0 aliphatic carbocycles. The first-order valence-corrected chi connectivity index (χ1v) is 3.68. The molecule has 0 N–H and O–H groups in total. The zero-order chi connectivity index (χ0) is 8.59. The van der Waals surface area contributed by atoms with E-state index in [9.17, 15) is 4.79 Å². The van der Waals surface area contributed by atoms with Crippen molar-refractivity contribution in [3.63, 3.8) is 0 Å². The molecule has 0 spiro atoms. The van der Waals surface area contributed by atoms with Gasteiger partial charge in [-0.3, -0.25) is 9.48 Å². The van der Waals surface area contributed by atoms with Gasteiger partial charge >= 0.3 is 0 Å². The third kappa shape index (κ3) is 1.39. The highest BCUT2D eigenvalue weighted by Crippen LogP contribution is 2.19. The summed E-state index contributed by atoms with van der Waals surface area (Å²) in [5.41, 5.74) is 0.964. The van der Waals surface area contributed by atoms with Crippen molar-refractivity contribution in [1.29, 1.82) is 0 Å². The first-order valence-electron chi connectivity index (χ1n) is 2.93. The molecular formula is C6H6Cl2N2O. The number of halogens is 2. The lowest BCUT2D eigenvalue weighted by molar-refractivity contribution is 0.108. The fourth-order valence-corrected chi connectivity index (χ4v) is 1.40. The lowest BCUT2D eigenvalue weighted by Crippen LogP contribution is -1.95. The molecule has 0 aromatic carbocycles. The van der Waals surface area contributed by atoms with Gasteiger partial charge in [0.2, 0.25) is 0 Å². The van der Waals surface area contributed by atoms with Crippen molar-refractivity contribution in [3.05, 3.63) is 16.4 Å². The predicted octanol–water partition coefficient (Wildman–Crippen LogP) is 1.76. The number of carbonyl (C=O) groups is 1. The van der Waals surface area contributed by atoms with Gasteiger partial charge in [0.25, 0.3) is 5.24 Å². The van der Waals surface area contributed by atoms with Crippen LogP contribution < -0.4 is 0 Å². The Labute approximate surface area is 73.9 Å². The molecule has 1 heterocycles. The summed E-state index contributed by atoms with van der Waals surface area (Å²) in [7, 11) is 1.70. The van der Waals surface area contributed by atoms with E-state index in [2.05, 4.69) is 5.10 Å². The smallest absolute Gasteiger partial charge is 0.257 e. The van der Waals surface area contributed by atoms with Gasteiger partial charge < -0.3 is 0 Å². The summed E-state index contributed by atoms with van der Waals surface area (Å²) in [5, 5.41) is 3.40. The SMILES string of the molecule is Cc1c(C(=O)Cl)c(Cl)nn1C. The maximum atomic E-state index is 10.7. The molecule has 0 saturated heterocycles. The van der Waals surface area contributed by atoms with Crippen LogP contribution in [0.5, 0.6) is 0 Å². The second-order valence-electron chi connectivity index (χ2n) is 2.15. The van der Waals surface area contributed by atoms with E-state index in [0.29, 0.717) is 5.69 Å². The molecule has 0 atom stereocenters. The average molecular weight is 193 g/mol. The Balaban J connectivity index is 3.34. The van der Waals surface area contributed by atoms with Crippen LogP contribution in [-0.2, 0) is 7.05 Å². The maximum absolute atomic E-state index is 10.7. The Kier molecular flexibility index (Phi) is 2.20. The van der Waals surface area contributed by atoms with Crippen molar-refractivity contribution in [2.45, 2.75) is 6.92 Å². The molecule has 11 heavy (non-hydrogen) atoms. The zero-order valence-electron chi connectivity index (χ0n) is 6.06. The summed E-state index contributed by atoms with van der Waals surface area (Å²) in [6.07, 6.45) is 0. The molecule has 1 rings (SSSR count). The summed E-state index contributed by atoms with van der Waals surface area (Å²) in [4.78, 5) is 10.7. The number of carbonyl (C=O) groups excluding carboxylic acids is 1. The van der Waals surface area contributed by atoms with Crippen LogP contribution in [0.1, 0.15) is 16.1 Å². The van der Waals surface area contributed by atoms with Crippen LogP contribution in [-0.4, -0.2) is 15.0 Å². The molecule has 5 heteroatoms. The lowest BCUT2D eigenvalue weighted by atomic mass is 10.3. The Morgan fingerprint density at radius 1 is 1.64 bits per heavy atom. The first-order chi connectivity index (χ1) is 5.04. The van der Waals surface area contributed by atoms with Crippen molar-refractivity contribution in [2.75, 3.05) is 0 Å². The molecule has 0 aliphatic rings. The van der Waals surface area contributed by atoms with Gasteiger partial charge in [-0.1, -0.05) is 11.6 Å². The van der Waals surface area contributed by atoms with Crippen LogP contribution in [0.4, 0.5) is 0 Å². The van der Waals surface area contributed by atoms with Gasteiger partial charge in [-0.15, -0.1) is 0 Å². The van der Waals surface area contributed by atoms with Crippen molar-refractivity contribution >= 4 is 28.4 Å². The second-order valence-corrected chi connectivity index (χ2v) is 2.85. The summed E-state index contributed by atoms with van der Waals surface area (Å²) < 4.78 is 1.51. The molecule has 3 nitrogen and oxygen atoms in total. The third-order valence-electron chi connectivity index (χ3n) is 1.49. The second kappa shape index (κ2) is 2.83. The van der Waals surface area contributed by atoms with E-state index < -0.39 is 5.24 Å². The van der Waals surface area contributed by atoms with Crippen molar-refractivity contribution < 1.29 is 4.79 Å². The van der Waals surface area contributed by atoms with E-state index in [1.54, 1.807) is 14.0 Å². The molecule has 1 aromatic rings. The van der Waals surface area contributed by atoms with Crippen LogP contribution >= 0.6 is 23.2 Å². The molecule has 1 aromatic heterocycles. The number of aryl methyl sites for hydroxylation is 1. The standard InChI is InChI=1S/C6H6Cl2N2O/c1-3-4(6(8)11)5(7)9-10(3)2/h1-2H3. The predicted molar refractivity (Wildman–Crippen MR) is 43.1 cm³/mol. The highest BCUT2D eigenvalue weighted by atomic mass is 35.5. The fraction of sp³-hybridized carbons (Fsp3) is 0.333. The Hall–Kier alpha value is -0.540. The minimum Gasteiger partial charge on any atom is -0.275 e. The van der Waals surface area contributed by atoms with E-state index in [0.717, 1.165) is 0 Å². The number of hydrogen-bond donors (Lipinski definition) is 0. The molecule has 0 radical (unpaired) electrons. The molecule has 0 bridgehead atoms. The summed E-state index contributed by atoms with van der Waals surface area (Å²) in [6, 6.07) is 0. The molecule has 60 valence electrons. The van der Waals surface area contributed by atoms with Crippen LogP contribution in [0, 0.1) is 6.92 Å². The van der Waals surface area contributed by atoms with Crippen LogP contribution in [0.2, 0.25) is 5.15 Å². The molecule has 0 aliphatic heterocycles. The molecule has 0 fully saturated rings. The van der Waals surface area contributed by atoms with E-state index in [1.807, 2.05) is 0 Å². The van der Waals surface area contributed by atoms with Gasteiger partial charge in [0.05, 0.1) is 5.56 Å². The van der Waals surface area contributed by atoms with E-state index >= 15 is 0 Å². The van der Waals surface area contributed by atoms with Gasteiger partial charge in [0.1, 0.15) is 0 Å². The fourth-order valence-electron chi connectivity index (χ4n) is 0.791. The summed E-state index contributed by atoms with van der Waals surface area (Å²) >= 11 is 10.9. The first kappa shape index (κ1) is 8.56. The minimum atomic E-state index is -0.569. The van der Waals surface area contributed by atoms with Crippen molar-refractivity contribution in [2.24, 2.45) is 7.05 Å². The summed E-state index contributed by atoms with van der Waals surface area (Å²) in [5.74, 6) is 0. The monoisotopic (exact) mass is 192 g/mol. The molecule has 0 unspecified atom stereocenters. The van der Waals surface area contributed by atoms with Crippen LogP contribution in [0.25, 0.3) is 0 Å². The van der Waals surface area contributed by atoms with Gasteiger partial charge in [-0.25, -0.2) is 0 Å². The van der Waals surface area contributed by atoms with Crippen molar-refractivity contribution in [1.82, 2.24) is 9.78 Å². The number of nitrogens with zero attached hydrogens (tertiary/aromatic N) is 2. The number of aromatic nitrogens is 2. The third-order valence-corrected chi connectivity index (χ3v) is 1.94. The quantitative estimate of drug-likeness (QED) is 0.637. The maximum Gasteiger partial charge on any atom is 0.257 e. The normalized spacial score (nSPS) is 10.2. The molecular weight excluding hydrogens is 187 g/mol. The Bertz CT molecular complexity index is 306. The zero-order valence-corrected chi connectivity index (χ0v) is 7.57. The molecule has 0 saturated carbocycles. The van der Waals surface area contributed by atoms with E-state index in [4.69, 9.17) is 23.2 Å². The molecule has 0 amide bonds. The Morgan fingerprint density at radius 3 is 2.36 bits per heavy atom. The summed E-state index contributed by atoms with van der Waals surface area (Å²) in [6.45, 7) is 1.73. The van der Waals surface area contributed by atoms with Crippen LogP contribution in [0.3, 0.4) is 0 Å². The Morgan fingerprint density at radius 2 is 2.18 bits per heavy atom. The highest BCUT2D eigenvalue weighted by molar-refractivity contribution is 6.68.